The molecule has 0 unspecified atom stereocenters. The van der Waals surface area contributed by atoms with Crippen molar-refractivity contribution in [1.29, 1.82) is 0 Å². The van der Waals surface area contributed by atoms with Gasteiger partial charge in [-0.05, 0) is 97.6 Å². The first-order valence-corrected chi connectivity index (χ1v) is 14.7. The van der Waals surface area contributed by atoms with Gasteiger partial charge in [0.2, 0.25) is 0 Å². The molecule has 0 aliphatic heterocycles. The fourth-order valence-electron chi connectivity index (χ4n) is 4.98. The fourth-order valence-corrected chi connectivity index (χ4v) is 6.19. The first kappa shape index (κ1) is 27.8. The quantitative estimate of drug-likeness (QED) is 0.107. The normalized spacial score (nSPS) is 12.9. The summed E-state index contributed by atoms with van der Waals surface area (Å²) >= 11 is 7.91. The zero-order valence-corrected chi connectivity index (χ0v) is 24.3. The van der Waals surface area contributed by atoms with E-state index in [9.17, 15) is 9.18 Å². The molecular formula is C35H26ClFN2O2S. The minimum Gasteiger partial charge on any atom is -0.313 e. The van der Waals surface area contributed by atoms with Gasteiger partial charge in [0, 0.05) is 31.8 Å². The van der Waals surface area contributed by atoms with Gasteiger partial charge in [0.05, 0.1) is 17.5 Å². The smallest absolute Gasteiger partial charge is 0.313 e. The summed E-state index contributed by atoms with van der Waals surface area (Å²) in [6.45, 7) is 2.07. The topological polar surface area (TPSA) is 43.6 Å². The van der Waals surface area contributed by atoms with Crippen LogP contribution in [0.1, 0.15) is 33.6 Å². The summed E-state index contributed by atoms with van der Waals surface area (Å²) in [5, 5.41) is 4.75. The van der Waals surface area contributed by atoms with E-state index in [1.54, 1.807) is 18.0 Å². The Morgan fingerprint density at radius 3 is 2.36 bits per heavy atom. The first-order valence-electron chi connectivity index (χ1n) is 13.5. The average Bonchev–Trinajstić information content (AvgIpc) is 3.40. The highest BCUT2D eigenvalue weighted by Gasteiger charge is 2.26. The van der Waals surface area contributed by atoms with E-state index < -0.39 is 11.8 Å². The molecule has 6 rings (SSSR count). The van der Waals surface area contributed by atoms with Crippen LogP contribution in [-0.4, -0.2) is 16.8 Å². The van der Waals surface area contributed by atoms with Crippen LogP contribution in [0.5, 0.6) is 0 Å². The lowest BCUT2D eigenvalue weighted by molar-refractivity contribution is 0.0519. The van der Waals surface area contributed by atoms with E-state index in [0.717, 1.165) is 44.3 Å². The number of thioether (sulfide) groups is 1. The summed E-state index contributed by atoms with van der Waals surface area (Å²) < 4.78 is 15.6. The van der Waals surface area contributed by atoms with Gasteiger partial charge < -0.3 is 9.40 Å². The maximum Gasteiger partial charge on any atom is 0.365 e. The number of allylic oxidation sites excluding steroid dienone is 1. The predicted molar refractivity (Wildman–Crippen MR) is 169 cm³/mol. The van der Waals surface area contributed by atoms with Crippen LogP contribution in [0.2, 0.25) is 5.02 Å². The second kappa shape index (κ2) is 12.2. The predicted octanol–water partition coefficient (Wildman–Crippen LogP) is 9.54. The van der Waals surface area contributed by atoms with Gasteiger partial charge in [-0.2, -0.15) is 0 Å². The lowest BCUT2D eigenvalue weighted by Gasteiger charge is -2.21. The lowest BCUT2D eigenvalue weighted by atomic mass is 9.97. The number of rotatable bonds is 7. The summed E-state index contributed by atoms with van der Waals surface area (Å²) in [6, 6.07) is 34.1. The van der Waals surface area contributed by atoms with Crippen LogP contribution in [0.25, 0.3) is 21.8 Å². The summed E-state index contributed by atoms with van der Waals surface area (Å²) in [6.07, 6.45) is 3.09. The lowest BCUT2D eigenvalue weighted by Crippen LogP contribution is -2.09. The van der Waals surface area contributed by atoms with E-state index in [1.807, 2.05) is 42.5 Å². The Morgan fingerprint density at radius 1 is 0.929 bits per heavy atom. The third kappa shape index (κ3) is 5.96. The molecule has 1 heterocycles. The number of nitrogens with zero attached hydrogens (tertiary/aromatic N) is 2. The summed E-state index contributed by atoms with van der Waals surface area (Å²) in [5.41, 5.74) is 7.88. The number of halogens is 2. The Kier molecular flexibility index (Phi) is 8.08. The molecule has 208 valence electrons. The van der Waals surface area contributed by atoms with Crippen LogP contribution in [0.4, 0.5) is 4.39 Å². The molecule has 1 aromatic heterocycles. The second-order valence-corrected chi connectivity index (χ2v) is 11.5. The Labute approximate surface area is 253 Å². The zero-order valence-electron chi connectivity index (χ0n) is 22.8. The number of benzene rings is 4. The highest BCUT2D eigenvalue weighted by atomic mass is 35.5. The van der Waals surface area contributed by atoms with Gasteiger partial charge in [0.1, 0.15) is 5.82 Å². The van der Waals surface area contributed by atoms with Gasteiger partial charge in [-0.15, -0.1) is 0 Å². The number of aromatic nitrogens is 1. The molecule has 0 bridgehead atoms. The van der Waals surface area contributed by atoms with Gasteiger partial charge in [-0.25, -0.2) is 9.18 Å². The Balaban J connectivity index is 1.44. The minimum atomic E-state index is -0.642. The Hall–Kier alpha value is -4.39. The molecule has 0 N–H and O–H groups in total. The molecule has 4 aromatic carbocycles. The molecular weight excluding hydrogens is 567 g/mol. The van der Waals surface area contributed by atoms with Gasteiger partial charge in [-0.1, -0.05) is 76.5 Å². The Bertz CT molecular complexity index is 1790. The molecule has 1 aliphatic rings. The van der Waals surface area contributed by atoms with Crippen LogP contribution < -0.4 is 0 Å². The number of aryl methyl sites for hydroxylation is 1. The van der Waals surface area contributed by atoms with Crippen molar-refractivity contribution in [2.24, 2.45) is 5.16 Å². The monoisotopic (exact) mass is 592 g/mol. The largest absolute Gasteiger partial charge is 0.365 e. The first-order chi connectivity index (χ1) is 20.5. The van der Waals surface area contributed by atoms with Crippen LogP contribution in [0.15, 0.2) is 125 Å². The van der Waals surface area contributed by atoms with E-state index in [4.69, 9.17) is 16.4 Å². The van der Waals surface area contributed by atoms with E-state index in [-0.39, 0.29) is 5.56 Å². The highest BCUT2D eigenvalue weighted by Crippen LogP contribution is 2.45. The van der Waals surface area contributed by atoms with Crippen molar-refractivity contribution < 1.29 is 14.0 Å². The van der Waals surface area contributed by atoms with Crippen LogP contribution in [0.3, 0.4) is 0 Å². The minimum absolute atomic E-state index is 0.232. The molecule has 0 saturated carbocycles. The van der Waals surface area contributed by atoms with Crippen molar-refractivity contribution in [2.75, 3.05) is 0 Å². The van der Waals surface area contributed by atoms with Crippen LogP contribution in [-0.2, 0) is 11.3 Å². The van der Waals surface area contributed by atoms with E-state index >= 15 is 0 Å². The molecule has 42 heavy (non-hydrogen) atoms. The van der Waals surface area contributed by atoms with E-state index in [2.05, 4.69) is 59.1 Å². The molecule has 0 atom stereocenters. The fraction of sp³-hybridized carbons (Fsp3) is 0.0857. The second-order valence-electron chi connectivity index (χ2n) is 9.96. The van der Waals surface area contributed by atoms with Crippen molar-refractivity contribution in [2.45, 2.75) is 24.7 Å². The molecule has 5 aromatic rings. The van der Waals surface area contributed by atoms with Crippen molar-refractivity contribution in [1.82, 2.24) is 4.57 Å². The van der Waals surface area contributed by atoms with Crippen LogP contribution >= 0.6 is 23.4 Å². The van der Waals surface area contributed by atoms with Crippen molar-refractivity contribution in [3.05, 3.63) is 148 Å². The maximum atomic E-state index is 13.3. The van der Waals surface area contributed by atoms with Gasteiger partial charge >= 0.3 is 5.97 Å². The SMILES string of the molecule is Cc1ccc(SC2=C(C=NOC(=O)c3ccc(F)cc3)CCc3c2cc(-c2ccccc2)n3-c2ccc(Cl)cc2)cc1. The summed E-state index contributed by atoms with van der Waals surface area (Å²) in [4.78, 5) is 19.8. The number of carbonyl (C=O) groups excluding carboxylic acids is 1. The van der Waals surface area contributed by atoms with Crippen LogP contribution in [0, 0.1) is 12.7 Å². The van der Waals surface area contributed by atoms with Gasteiger partial charge in [0.15, 0.2) is 0 Å². The van der Waals surface area contributed by atoms with Gasteiger partial charge in [-0.3, -0.25) is 0 Å². The van der Waals surface area contributed by atoms with E-state index in [1.165, 1.54) is 35.5 Å². The molecule has 0 fully saturated rings. The molecule has 0 radical (unpaired) electrons. The van der Waals surface area contributed by atoms with Crippen molar-refractivity contribution >= 4 is 40.5 Å². The Morgan fingerprint density at radius 2 is 1.64 bits per heavy atom. The molecule has 1 aliphatic carbocycles. The molecule has 7 heteroatoms. The molecule has 0 saturated heterocycles. The summed E-state index contributed by atoms with van der Waals surface area (Å²) in [5.74, 6) is -1.06. The number of carbonyl (C=O) groups is 1. The number of oxime groups is 1. The third-order valence-corrected chi connectivity index (χ3v) is 8.54. The maximum absolute atomic E-state index is 13.3. The number of hydrogen-bond donors (Lipinski definition) is 0. The molecule has 4 nitrogen and oxygen atoms in total. The van der Waals surface area contributed by atoms with Crippen molar-refractivity contribution in [3.63, 3.8) is 0 Å². The summed E-state index contributed by atoms with van der Waals surface area (Å²) in [7, 11) is 0. The average molecular weight is 593 g/mol. The number of hydrogen-bond acceptors (Lipinski definition) is 4. The van der Waals surface area contributed by atoms with Crippen molar-refractivity contribution in [3.8, 4) is 16.9 Å². The van der Waals surface area contributed by atoms with E-state index in [0.29, 0.717) is 11.4 Å². The number of fused-ring (bicyclic) bond motifs is 1. The molecule has 0 amide bonds. The van der Waals surface area contributed by atoms with Gasteiger partial charge in [0.25, 0.3) is 0 Å². The highest BCUT2D eigenvalue weighted by molar-refractivity contribution is 8.08. The third-order valence-electron chi connectivity index (χ3n) is 7.09. The zero-order chi connectivity index (χ0) is 29.1. The standard InChI is InChI=1S/C35H26ClFN2O2S/c1-23-7-18-30(19-8-23)42-34-26(22-38-41-35(40)25-9-14-28(37)15-10-25)11-20-32-31(34)21-33(24-5-3-2-4-6-24)39(32)29-16-12-27(36)13-17-29/h2-10,12-19,21-22H,11,20H2,1H3. The molecule has 0 spiro atoms.